The van der Waals surface area contributed by atoms with Crippen molar-refractivity contribution < 1.29 is 4.79 Å². The zero-order chi connectivity index (χ0) is 8.97. The van der Waals surface area contributed by atoms with E-state index in [0.717, 1.165) is 12.1 Å². The lowest BCUT2D eigenvalue weighted by molar-refractivity contribution is 0.239. The van der Waals surface area contributed by atoms with Crippen LogP contribution in [0.15, 0.2) is 12.3 Å². The normalized spacial score (nSPS) is 9.83. The lowest BCUT2D eigenvalue weighted by atomic mass is 10.5. The van der Waals surface area contributed by atoms with Gasteiger partial charge in [0.15, 0.2) is 0 Å². The Hall–Kier alpha value is -1.32. The first-order valence-electron chi connectivity index (χ1n) is 4.04. The molecule has 0 atom stereocenters. The molecule has 0 bridgehead atoms. The third-order valence-electron chi connectivity index (χ3n) is 1.46. The SMILES string of the molecule is CCCNC(=O)n1ccc(C)n1. The van der Waals surface area contributed by atoms with E-state index in [0.29, 0.717) is 6.54 Å². The Morgan fingerprint density at radius 2 is 2.50 bits per heavy atom. The van der Waals surface area contributed by atoms with Crippen LogP contribution < -0.4 is 5.32 Å². The van der Waals surface area contributed by atoms with Gasteiger partial charge in [-0.2, -0.15) is 9.78 Å². The molecule has 12 heavy (non-hydrogen) atoms. The minimum absolute atomic E-state index is 0.162. The molecule has 0 radical (unpaired) electrons. The zero-order valence-corrected chi connectivity index (χ0v) is 7.37. The quantitative estimate of drug-likeness (QED) is 0.718. The fraction of sp³-hybridized carbons (Fsp3) is 0.500. The Kier molecular flexibility index (Phi) is 2.85. The summed E-state index contributed by atoms with van der Waals surface area (Å²) in [4.78, 5) is 11.2. The van der Waals surface area contributed by atoms with Crippen molar-refractivity contribution in [3.8, 4) is 0 Å². The van der Waals surface area contributed by atoms with Gasteiger partial charge in [0.25, 0.3) is 0 Å². The molecule has 1 rings (SSSR count). The Labute approximate surface area is 71.6 Å². The summed E-state index contributed by atoms with van der Waals surface area (Å²) >= 11 is 0. The summed E-state index contributed by atoms with van der Waals surface area (Å²) in [6.45, 7) is 4.55. The summed E-state index contributed by atoms with van der Waals surface area (Å²) in [6.07, 6.45) is 2.59. The summed E-state index contributed by atoms with van der Waals surface area (Å²) in [5, 5.41) is 6.69. The van der Waals surface area contributed by atoms with Gasteiger partial charge in [-0.15, -0.1) is 0 Å². The topological polar surface area (TPSA) is 46.9 Å². The lowest BCUT2D eigenvalue weighted by Gasteiger charge is -2.01. The Morgan fingerprint density at radius 3 is 3.00 bits per heavy atom. The highest BCUT2D eigenvalue weighted by molar-refractivity contribution is 5.75. The summed E-state index contributed by atoms with van der Waals surface area (Å²) in [5.74, 6) is 0. The van der Waals surface area contributed by atoms with E-state index in [1.165, 1.54) is 4.68 Å². The number of aryl methyl sites for hydroxylation is 1. The second kappa shape index (κ2) is 3.90. The van der Waals surface area contributed by atoms with Gasteiger partial charge in [0, 0.05) is 12.7 Å². The van der Waals surface area contributed by atoms with Crippen LogP contribution in [-0.4, -0.2) is 22.4 Å². The molecule has 1 aromatic heterocycles. The molecule has 0 aliphatic rings. The second-order valence-corrected chi connectivity index (χ2v) is 2.63. The van der Waals surface area contributed by atoms with E-state index in [1.807, 2.05) is 13.8 Å². The fourth-order valence-corrected chi connectivity index (χ4v) is 0.841. The highest BCUT2D eigenvalue weighted by atomic mass is 16.2. The average Bonchev–Trinajstić information content (AvgIpc) is 2.47. The van der Waals surface area contributed by atoms with Crippen molar-refractivity contribution >= 4 is 6.03 Å². The van der Waals surface area contributed by atoms with Gasteiger partial charge < -0.3 is 5.32 Å². The van der Waals surface area contributed by atoms with E-state index in [9.17, 15) is 4.79 Å². The van der Waals surface area contributed by atoms with Crippen LogP contribution in [0.4, 0.5) is 4.79 Å². The summed E-state index contributed by atoms with van der Waals surface area (Å²) < 4.78 is 1.31. The zero-order valence-electron chi connectivity index (χ0n) is 7.37. The average molecular weight is 167 g/mol. The van der Waals surface area contributed by atoms with Crippen LogP contribution in [0.25, 0.3) is 0 Å². The number of nitrogens with zero attached hydrogens (tertiary/aromatic N) is 2. The maximum atomic E-state index is 11.2. The van der Waals surface area contributed by atoms with Gasteiger partial charge >= 0.3 is 6.03 Å². The molecule has 0 unspecified atom stereocenters. The maximum absolute atomic E-state index is 11.2. The van der Waals surface area contributed by atoms with Crippen LogP contribution in [0, 0.1) is 6.92 Å². The molecule has 0 aromatic carbocycles. The first-order valence-corrected chi connectivity index (χ1v) is 4.04. The summed E-state index contributed by atoms with van der Waals surface area (Å²) in [6, 6.07) is 1.64. The smallest absolute Gasteiger partial charge is 0.336 e. The van der Waals surface area contributed by atoms with Gasteiger partial charge in [-0.3, -0.25) is 0 Å². The number of aromatic nitrogens is 2. The fourth-order valence-electron chi connectivity index (χ4n) is 0.841. The van der Waals surface area contributed by atoms with Crippen molar-refractivity contribution in [1.29, 1.82) is 0 Å². The van der Waals surface area contributed by atoms with Crippen LogP contribution in [0.1, 0.15) is 19.0 Å². The number of carbonyl (C=O) groups excluding carboxylic acids is 1. The highest BCUT2D eigenvalue weighted by Crippen LogP contribution is 1.91. The molecule has 1 aromatic rings. The van der Waals surface area contributed by atoms with Crippen molar-refractivity contribution in [1.82, 2.24) is 15.1 Å². The number of amides is 1. The molecular formula is C8H13N3O. The highest BCUT2D eigenvalue weighted by Gasteiger charge is 2.02. The predicted octanol–water partition coefficient (Wildman–Crippen LogP) is 1.16. The molecule has 66 valence electrons. The number of hydrogen-bond donors (Lipinski definition) is 1. The molecule has 1 amide bonds. The molecular weight excluding hydrogens is 154 g/mol. The molecule has 0 fully saturated rings. The van der Waals surface area contributed by atoms with Crippen molar-refractivity contribution in [3.05, 3.63) is 18.0 Å². The molecule has 0 aliphatic heterocycles. The van der Waals surface area contributed by atoms with Gasteiger partial charge in [0.05, 0.1) is 5.69 Å². The van der Waals surface area contributed by atoms with E-state index < -0.39 is 0 Å². The first-order chi connectivity index (χ1) is 5.74. The monoisotopic (exact) mass is 167 g/mol. The summed E-state index contributed by atoms with van der Waals surface area (Å²) in [5.41, 5.74) is 0.849. The van der Waals surface area contributed by atoms with Crippen molar-refractivity contribution in [2.75, 3.05) is 6.54 Å². The molecule has 4 nitrogen and oxygen atoms in total. The van der Waals surface area contributed by atoms with Crippen LogP contribution in [0.5, 0.6) is 0 Å². The number of carbonyl (C=O) groups is 1. The Bertz CT molecular complexity index is 267. The minimum atomic E-state index is -0.162. The van der Waals surface area contributed by atoms with E-state index in [4.69, 9.17) is 0 Å². The van der Waals surface area contributed by atoms with Crippen LogP contribution in [-0.2, 0) is 0 Å². The van der Waals surface area contributed by atoms with E-state index in [2.05, 4.69) is 10.4 Å². The number of rotatable bonds is 2. The molecule has 1 N–H and O–H groups in total. The molecule has 0 saturated heterocycles. The molecule has 1 heterocycles. The van der Waals surface area contributed by atoms with Gasteiger partial charge in [0.1, 0.15) is 0 Å². The van der Waals surface area contributed by atoms with Gasteiger partial charge in [-0.25, -0.2) is 4.79 Å². The summed E-state index contributed by atoms with van der Waals surface area (Å²) in [7, 11) is 0. The molecule has 4 heteroatoms. The molecule has 0 aliphatic carbocycles. The van der Waals surface area contributed by atoms with E-state index in [1.54, 1.807) is 12.3 Å². The van der Waals surface area contributed by atoms with Crippen LogP contribution in [0.3, 0.4) is 0 Å². The third kappa shape index (κ3) is 2.08. The Morgan fingerprint density at radius 1 is 1.75 bits per heavy atom. The van der Waals surface area contributed by atoms with Crippen LogP contribution in [0.2, 0.25) is 0 Å². The van der Waals surface area contributed by atoms with Gasteiger partial charge in [-0.1, -0.05) is 6.92 Å². The first kappa shape index (κ1) is 8.77. The molecule has 0 spiro atoms. The van der Waals surface area contributed by atoms with E-state index in [-0.39, 0.29) is 6.03 Å². The third-order valence-corrected chi connectivity index (χ3v) is 1.46. The lowest BCUT2D eigenvalue weighted by Crippen LogP contribution is -2.29. The largest absolute Gasteiger partial charge is 0.342 e. The van der Waals surface area contributed by atoms with Gasteiger partial charge in [-0.05, 0) is 19.4 Å². The predicted molar refractivity (Wildman–Crippen MR) is 46.1 cm³/mol. The van der Waals surface area contributed by atoms with Crippen LogP contribution >= 0.6 is 0 Å². The van der Waals surface area contributed by atoms with E-state index >= 15 is 0 Å². The minimum Gasteiger partial charge on any atom is -0.336 e. The maximum Gasteiger partial charge on any atom is 0.342 e. The van der Waals surface area contributed by atoms with Gasteiger partial charge in [0.2, 0.25) is 0 Å². The van der Waals surface area contributed by atoms with Crippen molar-refractivity contribution in [3.63, 3.8) is 0 Å². The second-order valence-electron chi connectivity index (χ2n) is 2.63. The van der Waals surface area contributed by atoms with Crippen molar-refractivity contribution in [2.24, 2.45) is 0 Å². The molecule has 0 saturated carbocycles. The Balaban J connectivity index is 2.53. The standard InChI is InChI=1S/C8H13N3O/c1-3-5-9-8(12)11-6-4-7(2)10-11/h4,6H,3,5H2,1-2H3,(H,9,12). The number of nitrogens with one attached hydrogen (secondary N) is 1. The van der Waals surface area contributed by atoms with Crippen molar-refractivity contribution in [2.45, 2.75) is 20.3 Å². The number of hydrogen-bond acceptors (Lipinski definition) is 2.